The molecular weight excluding hydrogens is 289 g/mol. The van der Waals surface area contributed by atoms with Crippen LogP contribution in [0.2, 0.25) is 0 Å². The van der Waals surface area contributed by atoms with Gasteiger partial charge in [0.15, 0.2) is 0 Å². The van der Waals surface area contributed by atoms with Gasteiger partial charge in [-0.25, -0.2) is 14.0 Å². The number of hydrogen-bond donors (Lipinski definition) is 0. The van der Waals surface area contributed by atoms with E-state index in [0.717, 1.165) is 28.3 Å². The van der Waals surface area contributed by atoms with Crippen molar-refractivity contribution in [3.05, 3.63) is 40.6 Å². The zero-order valence-corrected chi connectivity index (χ0v) is 12.4. The first kappa shape index (κ1) is 14.4. The fraction of sp³-hybridized carbons (Fsp3) is 0.429. The summed E-state index contributed by atoms with van der Waals surface area (Å²) in [6.45, 7) is 4.46. The van der Waals surface area contributed by atoms with Crippen LogP contribution in [0.1, 0.15) is 26.7 Å². The van der Waals surface area contributed by atoms with Crippen LogP contribution in [0.25, 0.3) is 5.69 Å². The molecule has 1 saturated heterocycles. The highest BCUT2D eigenvalue weighted by molar-refractivity contribution is 5.76. The number of tetrazole rings is 1. The molecule has 116 valence electrons. The number of carbonyl (C=O) groups excluding carboxylic acids is 1. The molecule has 0 spiro atoms. The van der Waals surface area contributed by atoms with E-state index >= 15 is 0 Å². The minimum Gasteiger partial charge on any atom is -0.318 e. The molecule has 2 aromatic rings. The van der Waals surface area contributed by atoms with Crippen molar-refractivity contribution < 1.29 is 9.18 Å². The molecule has 3 rings (SSSR count). The summed E-state index contributed by atoms with van der Waals surface area (Å²) >= 11 is 0. The van der Waals surface area contributed by atoms with Crippen LogP contribution >= 0.6 is 0 Å². The molecule has 1 aliphatic rings. The van der Waals surface area contributed by atoms with Crippen LogP contribution in [-0.4, -0.2) is 42.8 Å². The molecule has 8 heteroatoms. The molecule has 0 unspecified atom stereocenters. The third-order valence-corrected chi connectivity index (χ3v) is 3.95. The summed E-state index contributed by atoms with van der Waals surface area (Å²) in [6.07, 6.45) is 1.75. The Morgan fingerprint density at radius 1 is 1.32 bits per heavy atom. The van der Waals surface area contributed by atoms with E-state index in [1.165, 1.54) is 18.2 Å². The number of halogens is 1. The van der Waals surface area contributed by atoms with Crippen molar-refractivity contribution in [2.24, 2.45) is 0 Å². The van der Waals surface area contributed by atoms with E-state index in [1.54, 1.807) is 4.90 Å². The Labute approximate surface area is 125 Å². The molecule has 0 radical (unpaired) electrons. The van der Waals surface area contributed by atoms with Crippen LogP contribution in [0.5, 0.6) is 0 Å². The zero-order chi connectivity index (χ0) is 15.9. The van der Waals surface area contributed by atoms with Gasteiger partial charge in [0.25, 0.3) is 0 Å². The zero-order valence-electron chi connectivity index (χ0n) is 12.4. The highest BCUT2D eigenvalue weighted by Crippen LogP contribution is 2.28. The molecule has 0 bridgehead atoms. The second kappa shape index (κ2) is 5.04. The molecule has 7 nitrogen and oxygen atoms in total. The Hall–Kier alpha value is -2.51. The lowest BCUT2D eigenvalue weighted by Crippen LogP contribution is -2.48. The van der Waals surface area contributed by atoms with Crippen molar-refractivity contribution in [3.8, 4) is 5.69 Å². The molecule has 0 saturated carbocycles. The van der Waals surface area contributed by atoms with Gasteiger partial charge in [-0.15, -0.1) is 4.68 Å². The number of aromatic nitrogens is 4. The highest BCUT2D eigenvalue weighted by Gasteiger charge is 2.37. The Kier molecular flexibility index (Phi) is 3.31. The molecule has 2 heterocycles. The van der Waals surface area contributed by atoms with E-state index in [1.807, 2.05) is 13.8 Å². The van der Waals surface area contributed by atoms with Gasteiger partial charge in [-0.2, -0.15) is 4.68 Å². The number of nitrogens with zero attached hydrogens (tertiary/aromatic N) is 5. The minimum absolute atomic E-state index is 0.227. The SMILES string of the molecule is CC1(C)CCCN1C(=O)n1nnn(-c2cccc(F)c2)c1=O. The van der Waals surface area contributed by atoms with Gasteiger partial charge in [0.05, 0.1) is 5.69 Å². The Bertz CT molecular complexity index is 780. The van der Waals surface area contributed by atoms with Gasteiger partial charge in [0, 0.05) is 12.1 Å². The largest absolute Gasteiger partial charge is 0.377 e. The maximum Gasteiger partial charge on any atom is 0.377 e. The lowest BCUT2D eigenvalue weighted by Gasteiger charge is -2.30. The fourth-order valence-electron chi connectivity index (χ4n) is 2.71. The van der Waals surface area contributed by atoms with Gasteiger partial charge in [0.1, 0.15) is 5.82 Å². The van der Waals surface area contributed by atoms with E-state index in [9.17, 15) is 14.0 Å². The summed E-state index contributed by atoms with van der Waals surface area (Å²) in [7, 11) is 0. The first-order valence-corrected chi connectivity index (χ1v) is 7.03. The fourth-order valence-corrected chi connectivity index (χ4v) is 2.71. The van der Waals surface area contributed by atoms with Crippen molar-refractivity contribution in [3.63, 3.8) is 0 Å². The number of carbonyl (C=O) groups is 1. The first-order chi connectivity index (χ1) is 10.4. The van der Waals surface area contributed by atoms with Gasteiger partial charge >= 0.3 is 11.7 Å². The van der Waals surface area contributed by atoms with Crippen LogP contribution in [0, 0.1) is 5.82 Å². The van der Waals surface area contributed by atoms with Crippen molar-refractivity contribution in [1.82, 2.24) is 24.7 Å². The molecule has 0 atom stereocenters. The lowest BCUT2D eigenvalue weighted by atomic mass is 10.0. The van der Waals surface area contributed by atoms with Crippen LogP contribution in [0.15, 0.2) is 29.1 Å². The monoisotopic (exact) mass is 305 g/mol. The summed E-state index contributed by atoms with van der Waals surface area (Å²) < 4.78 is 14.9. The van der Waals surface area contributed by atoms with E-state index in [-0.39, 0.29) is 11.2 Å². The number of benzene rings is 1. The van der Waals surface area contributed by atoms with Crippen LogP contribution in [0.4, 0.5) is 9.18 Å². The summed E-state index contributed by atoms with van der Waals surface area (Å²) in [5.74, 6) is -0.494. The van der Waals surface area contributed by atoms with Crippen molar-refractivity contribution in [2.45, 2.75) is 32.2 Å². The van der Waals surface area contributed by atoms with Crippen molar-refractivity contribution in [1.29, 1.82) is 0 Å². The topological polar surface area (TPSA) is 73.0 Å². The van der Waals surface area contributed by atoms with Crippen LogP contribution in [0.3, 0.4) is 0 Å². The average Bonchev–Trinajstić information content (AvgIpc) is 3.00. The average molecular weight is 305 g/mol. The lowest BCUT2D eigenvalue weighted by molar-refractivity contribution is 0.162. The standard InChI is InChI=1S/C14H16FN5O2/c1-14(2)7-4-8-18(14)12(21)20-13(22)19(16-17-20)11-6-3-5-10(15)9-11/h3,5-6,9H,4,7-8H2,1-2H3. The van der Waals surface area contributed by atoms with E-state index in [0.29, 0.717) is 6.54 Å². The third kappa shape index (κ3) is 2.30. The summed E-state index contributed by atoms with van der Waals surface area (Å²) in [5, 5.41) is 7.31. The first-order valence-electron chi connectivity index (χ1n) is 7.03. The van der Waals surface area contributed by atoms with Crippen molar-refractivity contribution in [2.75, 3.05) is 6.54 Å². The van der Waals surface area contributed by atoms with E-state index in [4.69, 9.17) is 0 Å². The number of amides is 1. The van der Waals surface area contributed by atoms with Crippen LogP contribution < -0.4 is 5.69 Å². The van der Waals surface area contributed by atoms with Gasteiger partial charge in [-0.05, 0) is 55.3 Å². The Morgan fingerprint density at radius 2 is 2.09 bits per heavy atom. The van der Waals surface area contributed by atoms with E-state index < -0.39 is 17.5 Å². The predicted octanol–water partition coefficient (Wildman–Crippen LogP) is 1.41. The van der Waals surface area contributed by atoms with Crippen LogP contribution in [-0.2, 0) is 0 Å². The van der Waals surface area contributed by atoms with Gasteiger partial charge in [-0.3, -0.25) is 0 Å². The molecule has 0 aliphatic carbocycles. The number of rotatable bonds is 1. The quantitative estimate of drug-likeness (QED) is 0.747. The molecule has 1 amide bonds. The maximum atomic E-state index is 13.3. The van der Waals surface area contributed by atoms with E-state index in [2.05, 4.69) is 10.4 Å². The van der Waals surface area contributed by atoms with Gasteiger partial charge in [-0.1, -0.05) is 6.07 Å². The smallest absolute Gasteiger partial charge is 0.318 e. The maximum absolute atomic E-state index is 13.3. The highest BCUT2D eigenvalue weighted by atomic mass is 19.1. The molecule has 1 fully saturated rings. The molecular formula is C14H16FN5O2. The summed E-state index contributed by atoms with van der Waals surface area (Å²) in [4.78, 5) is 26.4. The van der Waals surface area contributed by atoms with Crippen molar-refractivity contribution >= 4 is 6.03 Å². The molecule has 0 N–H and O–H groups in total. The molecule has 22 heavy (non-hydrogen) atoms. The summed E-state index contributed by atoms with van der Waals surface area (Å²) in [6, 6.07) is 4.90. The Balaban J connectivity index is 1.98. The van der Waals surface area contributed by atoms with Gasteiger partial charge < -0.3 is 4.90 Å². The second-order valence-electron chi connectivity index (χ2n) is 5.92. The van der Waals surface area contributed by atoms with Gasteiger partial charge in [0.2, 0.25) is 0 Å². The molecule has 1 aliphatic heterocycles. The third-order valence-electron chi connectivity index (χ3n) is 3.95. The second-order valence-corrected chi connectivity index (χ2v) is 5.92. The predicted molar refractivity (Wildman–Crippen MR) is 76.4 cm³/mol. The number of hydrogen-bond acceptors (Lipinski definition) is 4. The minimum atomic E-state index is -0.710. The Morgan fingerprint density at radius 3 is 2.73 bits per heavy atom. The number of likely N-dealkylation sites (tertiary alicyclic amines) is 1. The summed E-state index contributed by atoms with van der Waals surface area (Å²) in [5.41, 5.74) is -0.804. The molecule has 1 aromatic heterocycles. The molecule has 1 aromatic carbocycles. The normalized spacial score (nSPS) is 17.0.